The Bertz CT molecular complexity index is 706. The van der Waals surface area contributed by atoms with Gasteiger partial charge in [0.25, 0.3) is 11.8 Å². The van der Waals surface area contributed by atoms with Crippen molar-refractivity contribution >= 4 is 33.4 Å². The van der Waals surface area contributed by atoms with Crippen LogP contribution in [-0.4, -0.2) is 37.1 Å². The SMILES string of the molecule is COCCNC(=O)c1ccnc(C(=O)Nc2ccccc2Br)c1. The van der Waals surface area contributed by atoms with Crippen LogP contribution in [0.3, 0.4) is 0 Å². The van der Waals surface area contributed by atoms with E-state index in [2.05, 4.69) is 31.5 Å². The van der Waals surface area contributed by atoms with Crippen LogP contribution < -0.4 is 10.6 Å². The fourth-order valence-corrected chi connectivity index (χ4v) is 2.20. The summed E-state index contributed by atoms with van der Waals surface area (Å²) in [6, 6.07) is 10.3. The second-order valence-electron chi connectivity index (χ2n) is 4.61. The molecule has 0 aliphatic heterocycles. The zero-order valence-electron chi connectivity index (χ0n) is 12.5. The van der Waals surface area contributed by atoms with Gasteiger partial charge in [-0.3, -0.25) is 14.6 Å². The quantitative estimate of drug-likeness (QED) is 0.757. The number of para-hydroxylation sites is 1. The van der Waals surface area contributed by atoms with E-state index in [9.17, 15) is 9.59 Å². The molecule has 0 unspecified atom stereocenters. The molecular formula is C16H16BrN3O3. The van der Waals surface area contributed by atoms with Crippen molar-refractivity contribution in [3.63, 3.8) is 0 Å². The Morgan fingerprint density at radius 1 is 1.22 bits per heavy atom. The fourth-order valence-electron chi connectivity index (χ4n) is 1.81. The first-order chi connectivity index (χ1) is 11.1. The molecule has 0 saturated carbocycles. The standard InChI is InChI=1S/C16H16BrN3O3/c1-23-9-8-19-15(21)11-6-7-18-14(10-11)16(22)20-13-5-3-2-4-12(13)17/h2-7,10H,8-9H2,1H3,(H,19,21)(H,20,22). The average molecular weight is 378 g/mol. The molecule has 0 atom stereocenters. The van der Waals surface area contributed by atoms with Crippen LogP contribution in [0.5, 0.6) is 0 Å². The third-order valence-electron chi connectivity index (χ3n) is 2.97. The number of rotatable bonds is 6. The van der Waals surface area contributed by atoms with Crippen LogP contribution in [-0.2, 0) is 4.74 Å². The zero-order chi connectivity index (χ0) is 16.7. The van der Waals surface area contributed by atoms with Crippen LogP contribution in [0, 0.1) is 0 Å². The summed E-state index contributed by atoms with van der Waals surface area (Å²) in [7, 11) is 1.56. The summed E-state index contributed by atoms with van der Waals surface area (Å²) >= 11 is 3.36. The Balaban J connectivity index is 2.08. The van der Waals surface area contributed by atoms with Crippen molar-refractivity contribution in [3.8, 4) is 0 Å². The van der Waals surface area contributed by atoms with Crippen molar-refractivity contribution in [2.45, 2.75) is 0 Å². The first-order valence-electron chi connectivity index (χ1n) is 6.91. The van der Waals surface area contributed by atoms with Crippen LogP contribution in [0.15, 0.2) is 47.1 Å². The highest BCUT2D eigenvalue weighted by Gasteiger charge is 2.12. The normalized spacial score (nSPS) is 10.2. The van der Waals surface area contributed by atoms with Crippen molar-refractivity contribution < 1.29 is 14.3 Å². The van der Waals surface area contributed by atoms with Gasteiger partial charge in [0.2, 0.25) is 0 Å². The molecule has 6 nitrogen and oxygen atoms in total. The summed E-state index contributed by atoms with van der Waals surface area (Å²) in [5, 5.41) is 5.44. The minimum atomic E-state index is -0.386. The van der Waals surface area contributed by atoms with Crippen LogP contribution >= 0.6 is 15.9 Å². The molecule has 0 spiro atoms. The number of amides is 2. The topological polar surface area (TPSA) is 80.3 Å². The molecule has 7 heteroatoms. The number of methoxy groups -OCH3 is 1. The van der Waals surface area contributed by atoms with Crippen molar-refractivity contribution in [1.29, 1.82) is 0 Å². The van der Waals surface area contributed by atoms with Crippen LogP contribution in [0.25, 0.3) is 0 Å². The van der Waals surface area contributed by atoms with Gasteiger partial charge in [-0.25, -0.2) is 0 Å². The maximum Gasteiger partial charge on any atom is 0.274 e. The van der Waals surface area contributed by atoms with Gasteiger partial charge in [0.15, 0.2) is 0 Å². The molecule has 1 heterocycles. The molecule has 2 amide bonds. The first-order valence-corrected chi connectivity index (χ1v) is 7.70. The maximum atomic E-state index is 12.3. The van der Waals surface area contributed by atoms with E-state index in [0.29, 0.717) is 24.4 Å². The second kappa shape index (κ2) is 8.40. The van der Waals surface area contributed by atoms with Crippen LogP contribution in [0.4, 0.5) is 5.69 Å². The minimum Gasteiger partial charge on any atom is -0.383 e. The second-order valence-corrected chi connectivity index (χ2v) is 5.47. The van der Waals surface area contributed by atoms with E-state index in [1.807, 2.05) is 18.2 Å². The molecule has 2 N–H and O–H groups in total. The van der Waals surface area contributed by atoms with Gasteiger partial charge in [0.1, 0.15) is 5.69 Å². The van der Waals surface area contributed by atoms with Gasteiger partial charge >= 0.3 is 0 Å². The van der Waals surface area contributed by atoms with E-state index in [0.717, 1.165) is 4.47 Å². The lowest BCUT2D eigenvalue weighted by Crippen LogP contribution is -2.27. The third kappa shape index (κ3) is 4.87. The monoisotopic (exact) mass is 377 g/mol. The Morgan fingerprint density at radius 3 is 2.74 bits per heavy atom. The third-order valence-corrected chi connectivity index (χ3v) is 3.66. The molecular weight excluding hydrogens is 362 g/mol. The summed E-state index contributed by atoms with van der Waals surface area (Å²) < 4.78 is 5.64. The molecule has 0 aliphatic rings. The summed E-state index contributed by atoms with van der Waals surface area (Å²) in [5.41, 5.74) is 1.17. The number of hydrogen-bond acceptors (Lipinski definition) is 4. The van der Waals surface area contributed by atoms with Crippen molar-refractivity contribution in [1.82, 2.24) is 10.3 Å². The Morgan fingerprint density at radius 2 is 2.00 bits per heavy atom. The summed E-state index contributed by atoms with van der Waals surface area (Å²) in [4.78, 5) is 28.2. The number of aromatic nitrogens is 1. The van der Waals surface area contributed by atoms with Crippen molar-refractivity contribution in [2.24, 2.45) is 0 Å². The molecule has 1 aromatic heterocycles. The van der Waals surface area contributed by atoms with Crippen molar-refractivity contribution in [2.75, 3.05) is 25.6 Å². The smallest absolute Gasteiger partial charge is 0.274 e. The lowest BCUT2D eigenvalue weighted by molar-refractivity contribution is 0.0937. The number of halogens is 1. The molecule has 0 fully saturated rings. The van der Waals surface area contributed by atoms with Crippen LogP contribution in [0.1, 0.15) is 20.8 Å². The summed E-state index contributed by atoms with van der Waals surface area (Å²) in [6.07, 6.45) is 1.43. The van der Waals surface area contributed by atoms with Gasteiger partial charge in [0.05, 0.1) is 12.3 Å². The molecule has 1 aromatic carbocycles. The fraction of sp³-hybridized carbons (Fsp3) is 0.188. The number of carbonyl (C=O) groups excluding carboxylic acids is 2. The van der Waals surface area contributed by atoms with E-state index in [-0.39, 0.29) is 17.5 Å². The zero-order valence-corrected chi connectivity index (χ0v) is 14.1. The Hall–Kier alpha value is -2.25. The van der Waals surface area contributed by atoms with E-state index >= 15 is 0 Å². The van der Waals surface area contributed by atoms with Gasteiger partial charge in [-0.15, -0.1) is 0 Å². The maximum absolute atomic E-state index is 12.3. The van der Waals surface area contributed by atoms with E-state index < -0.39 is 0 Å². The largest absolute Gasteiger partial charge is 0.383 e. The molecule has 2 aromatic rings. The number of hydrogen-bond donors (Lipinski definition) is 2. The lowest BCUT2D eigenvalue weighted by atomic mass is 10.2. The number of pyridine rings is 1. The van der Waals surface area contributed by atoms with Gasteiger partial charge in [0, 0.05) is 29.9 Å². The number of benzene rings is 1. The first kappa shape index (κ1) is 17.1. The number of carbonyl (C=O) groups is 2. The number of anilines is 1. The highest BCUT2D eigenvalue weighted by atomic mass is 79.9. The number of nitrogens with zero attached hydrogens (tertiary/aromatic N) is 1. The molecule has 0 saturated heterocycles. The summed E-state index contributed by atoms with van der Waals surface area (Å²) in [6.45, 7) is 0.822. The van der Waals surface area contributed by atoms with Crippen molar-refractivity contribution in [3.05, 3.63) is 58.3 Å². The molecule has 23 heavy (non-hydrogen) atoms. The average Bonchev–Trinajstić information content (AvgIpc) is 2.57. The van der Waals surface area contributed by atoms with E-state index in [1.54, 1.807) is 19.2 Å². The molecule has 0 radical (unpaired) electrons. The van der Waals surface area contributed by atoms with E-state index in [4.69, 9.17) is 4.74 Å². The van der Waals surface area contributed by atoms with E-state index in [1.165, 1.54) is 12.3 Å². The minimum absolute atomic E-state index is 0.167. The number of ether oxygens (including phenoxy) is 1. The Kier molecular flexibility index (Phi) is 6.25. The predicted molar refractivity (Wildman–Crippen MR) is 90.5 cm³/mol. The van der Waals surface area contributed by atoms with Gasteiger partial charge in [-0.2, -0.15) is 0 Å². The van der Waals surface area contributed by atoms with Gasteiger partial charge < -0.3 is 15.4 Å². The molecule has 0 bridgehead atoms. The van der Waals surface area contributed by atoms with Gasteiger partial charge in [-0.05, 0) is 40.2 Å². The molecule has 0 aliphatic carbocycles. The lowest BCUT2D eigenvalue weighted by Gasteiger charge is -2.08. The highest BCUT2D eigenvalue weighted by Crippen LogP contribution is 2.21. The number of nitrogens with one attached hydrogen (secondary N) is 2. The summed E-state index contributed by atoms with van der Waals surface area (Å²) in [5.74, 6) is -0.664. The molecule has 2 rings (SSSR count). The Labute approximate surface area is 142 Å². The van der Waals surface area contributed by atoms with Crippen LogP contribution in [0.2, 0.25) is 0 Å². The molecule has 120 valence electrons. The predicted octanol–water partition coefficient (Wildman–Crippen LogP) is 2.47. The highest BCUT2D eigenvalue weighted by molar-refractivity contribution is 9.10. The van der Waals surface area contributed by atoms with Gasteiger partial charge in [-0.1, -0.05) is 12.1 Å².